The van der Waals surface area contributed by atoms with Gasteiger partial charge in [0.15, 0.2) is 5.65 Å². The lowest BCUT2D eigenvalue weighted by Crippen LogP contribution is -2.36. The first-order chi connectivity index (χ1) is 16.1. The van der Waals surface area contributed by atoms with Gasteiger partial charge in [0.2, 0.25) is 0 Å². The van der Waals surface area contributed by atoms with Gasteiger partial charge in [0.1, 0.15) is 5.65 Å². The van der Waals surface area contributed by atoms with E-state index in [1.165, 1.54) is 0 Å². The molecular weight excluding hydrogens is 416 g/mol. The molecule has 1 aromatic carbocycles. The van der Waals surface area contributed by atoms with E-state index in [1.807, 2.05) is 47.9 Å². The highest BCUT2D eigenvalue weighted by Crippen LogP contribution is 2.31. The number of carbonyl (C=O) groups is 1. The molecule has 33 heavy (non-hydrogen) atoms. The van der Waals surface area contributed by atoms with Gasteiger partial charge in [-0.2, -0.15) is 0 Å². The van der Waals surface area contributed by atoms with E-state index in [0.29, 0.717) is 17.8 Å². The summed E-state index contributed by atoms with van der Waals surface area (Å²) >= 11 is 0. The molecule has 4 aromatic rings. The predicted octanol–water partition coefficient (Wildman–Crippen LogP) is 2.94. The van der Waals surface area contributed by atoms with Gasteiger partial charge in [-0.05, 0) is 51.2 Å². The zero-order valence-corrected chi connectivity index (χ0v) is 19.4. The molecule has 1 atom stereocenters. The van der Waals surface area contributed by atoms with E-state index in [1.54, 1.807) is 7.11 Å². The summed E-state index contributed by atoms with van der Waals surface area (Å²) in [6, 6.07) is 11.9. The Bertz CT molecular complexity index is 1320. The first-order valence-corrected chi connectivity index (χ1v) is 11.5. The first-order valence-electron chi connectivity index (χ1n) is 11.5. The van der Waals surface area contributed by atoms with Crippen LogP contribution in [0.4, 0.5) is 5.69 Å². The van der Waals surface area contributed by atoms with Crippen LogP contribution in [-0.4, -0.2) is 78.2 Å². The van der Waals surface area contributed by atoms with E-state index in [9.17, 15) is 4.79 Å². The van der Waals surface area contributed by atoms with Crippen molar-refractivity contribution >= 4 is 39.3 Å². The number of pyridine rings is 2. The van der Waals surface area contributed by atoms with Crippen LogP contribution in [0.2, 0.25) is 0 Å². The molecule has 1 fully saturated rings. The van der Waals surface area contributed by atoms with Crippen LogP contribution in [0.15, 0.2) is 42.6 Å². The normalized spacial score (nSPS) is 16.4. The fraction of sp³-hybridized carbons (Fsp3) is 0.400. The monoisotopic (exact) mass is 446 g/mol. The molecule has 8 heteroatoms. The lowest BCUT2D eigenvalue weighted by atomic mass is 10.1. The Morgan fingerprint density at radius 2 is 2.00 bits per heavy atom. The Morgan fingerprint density at radius 3 is 2.85 bits per heavy atom. The lowest BCUT2D eigenvalue weighted by Gasteiger charge is -2.24. The van der Waals surface area contributed by atoms with Crippen molar-refractivity contribution in [3.8, 4) is 0 Å². The van der Waals surface area contributed by atoms with Gasteiger partial charge in [0, 0.05) is 50.1 Å². The molecule has 1 aliphatic heterocycles. The number of rotatable bonds is 5. The summed E-state index contributed by atoms with van der Waals surface area (Å²) in [4.78, 5) is 27.7. The second kappa shape index (κ2) is 8.96. The third-order valence-corrected chi connectivity index (χ3v) is 6.35. The number of amides is 1. The van der Waals surface area contributed by atoms with Gasteiger partial charge >= 0.3 is 0 Å². The van der Waals surface area contributed by atoms with E-state index in [4.69, 9.17) is 14.7 Å². The molecule has 0 spiro atoms. The largest absolute Gasteiger partial charge is 0.383 e. The zero-order valence-electron chi connectivity index (χ0n) is 19.4. The Kier molecular flexibility index (Phi) is 5.86. The molecule has 0 saturated carbocycles. The molecule has 0 radical (unpaired) electrons. The lowest BCUT2D eigenvalue weighted by molar-refractivity contribution is 0.0907. The SMILES string of the molecule is COCC(C)NC(=O)c1cc2c(N3CCCN(C)CC3)ccnc2n2c1nc1ccccc12. The van der Waals surface area contributed by atoms with Gasteiger partial charge in [0.05, 0.1) is 23.2 Å². The number of nitrogens with zero attached hydrogens (tertiary/aromatic N) is 5. The number of hydrogen-bond donors (Lipinski definition) is 1. The number of carbonyl (C=O) groups excluding carboxylic acids is 1. The molecule has 1 aliphatic rings. The Morgan fingerprint density at radius 1 is 1.15 bits per heavy atom. The zero-order chi connectivity index (χ0) is 22.9. The number of anilines is 1. The van der Waals surface area contributed by atoms with Crippen molar-refractivity contribution in [2.45, 2.75) is 19.4 Å². The number of ether oxygens (including phenoxy) is 1. The summed E-state index contributed by atoms with van der Waals surface area (Å²) in [6.07, 6.45) is 2.96. The molecule has 3 aromatic heterocycles. The molecule has 0 bridgehead atoms. The number of hydrogen-bond acceptors (Lipinski definition) is 6. The van der Waals surface area contributed by atoms with Crippen LogP contribution in [0.1, 0.15) is 23.7 Å². The molecule has 0 aliphatic carbocycles. The van der Waals surface area contributed by atoms with E-state index in [-0.39, 0.29) is 11.9 Å². The van der Waals surface area contributed by atoms with Gasteiger partial charge in [-0.25, -0.2) is 9.97 Å². The van der Waals surface area contributed by atoms with Crippen LogP contribution in [0.25, 0.3) is 27.7 Å². The first kappa shape index (κ1) is 21.6. The van der Waals surface area contributed by atoms with E-state index in [2.05, 4.69) is 28.2 Å². The number of nitrogens with one attached hydrogen (secondary N) is 1. The molecule has 5 rings (SSSR count). The maximum atomic E-state index is 13.4. The average Bonchev–Trinajstić information content (AvgIpc) is 3.07. The topological polar surface area (TPSA) is 75.0 Å². The third-order valence-electron chi connectivity index (χ3n) is 6.35. The fourth-order valence-corrected chi connectivity index (χ4v) is 4.72. The smallest absolute Gasteiger partial charge is 0.255 e. The Labute approximate surface area is 193 Å². The summed E-state index contributed by atoms with van der Waals surface area (Å²) in [6.45, 7) is 6.37. The molecule has 4 heterocycles. The number of aromatic nitrogens is 3. The van der Waals surface area contributed by atoms with E-state index >= 15 is 0 Å². The summed E-state index contributed by atoms with van der Waals surface area (Å²) in [5.74, 6) is -0.160. The summed E-state index contributed by atoms with van der Waals surface area (Å²) < 4.78 is 7.23. The van der Waals surface area contributed by atoms with Crippen LogP contribution in [0, 0.1) is 0 Å². The second-order valence-corrected chi connectivity index (χ2v) is 8.86. The summed E-state index contributed by atoms with van der Waals surface area (Å²) in [5, 5.41) is 4.02. The van der Waals surface area contributed by atoms with E-state index < -0.39 is 0 Å². The number of benzene rings is 1. The molecule has 1 unspecified atom stereocenters. The minimum absolute atomic E-state index is 0.114. The minimum Gasteiger partial charge on any atom is -0.383 e. The third kappa shape index (κ3) is 4.00. The molecule has 172 valence electrons. The van der Waals surface area contributed by atoms with Crippen molar-refractivity contribution < 1.29 is 9.53 Å². The second-order valence-electron chi connectivity index (χ2n) is 8.86. The van der Waals surface area contributed by atoms with Crippen molar-refractivity contribution in [1.29, 1.82) is 0 Å². The van der Waals surface area contributed by atoms with Crippen LogP contribution >= 0.6 is 0 Å². The van der Waals surface area contributed by atoms with Crippen molar-refractivity contribution in [1.82, 2.24) is 24.6 Å². The molecule has 1 saturated heterocycles. The minimum atomic E-state index is -0.160. The quantitative estimate of drug-likeness (QED) is 0.508. The highest BCUT2D eigenvalue weighted by Gasteiger charge is 2.22. The highest BCUT2D eigenvalue weighted by atomic mass is 16.5. The Balaban J connectivity index is 1.73. The maximum Gasteiger partial charge on any atom is 0.255 e. The predicted molar refractivity (Wildman–Crippen MR) is 131 cm³/mol. The standard InChI is InChI=1S/C25H30N6O2/c1-17(16-33-3)27-25(32)19-15-18-21(30-12-6-11-29(2)13-14-30)9-10-26-23(18)31-22-8-5-4-7-20(22)28-24(19)31/h4-5,7-10,15,17H,6,11-14,16H2,1-3H3,(H,27,32). The highest BCUT2D eigenvalue weighted by molar-refractivity contribution is 6.07. The van der Waals surface area contributed by atoms with Gasteiger partial charge in [-0.1, -0.05) is 12.1 Å². The van der Waals surface area contributed by atoms with Crippen molar-refractivity contribution in [2.75, 3.05) is 51.8 Å². The molecule has 1 N–H and O–H groups in total. The average molecular weight is 447 g/mol. The van der Waals surface area contributed by atoms with E-state index in [0.717, 1.165) is 60.4 Å². The van der Waals surface area contributed by atoms with Crippen LogP contribution < -0.4 is 10.2 Å². The van der Waals surface area contributed by atoms with Crippen LogP contribution in [0.5, 0.6) is 0 Å². The number of methoxy groups -OCH3 is 1. The van der Waals surface area contributed by atoms with Crippen LogP contribution in [0.3, 0.4) is 0 Å². The van der Waals surface area contributed by atoms with Crippen molar-refractivity contribution in [3.05, 3.63) is 48.2 Å². The number of likely N-dealkylation sites (N-methyl/N-ethyl adjacent to an activating group) is 1. The van der Waals surface area contributed by atoms with Gasteiger partial charge in [0.25, 0.3) is 5.91 Å². The van der Waals surface area contributed by atoms with Crippen molar-refractivity contribution in [2.24, 2.45) is 0 Å². The summed E-state index contributed by atoms with van der Waals surface area (Å²) in [5.41, 5.74) is 4.86. The van der Waals surface area contributed by atoms with Gasteiger partial charge in [-0.15, -0.1) is 0 Å². The summed E-state index contributed by atoms with van der Waals surface area (Å²) in [7, 11) is 3.80. The number of fused-ring (bicyclic) bond motifs is 5. The molecule has 1 amide bonds. The maximum absolute atomic E-state index is 13.4. The molecular formula is C25H30N6O2. The van der Waals surface area contributed by atoms with Crippen molar-refractivity contribution in [3.63, 3.8) is 0 Å². The number of para-hydroxylation sites is 2. The Hall–Kier alpha value is -3.23. The number of imidazole rings is 1. The van der Waals surface area contributed by atoms with Gasteiger partial charge < -0.3 is 19.9 Å². The van der Waals surface area contributed by atoms with Crippen LogP contribution in [-0.2, 0) is 4.74 Å². The van der Waals surface area contributed by atoms with Gasteiger partial charge in [-0.3, -0.25) is 9.20 Å². The fourth-order valence-electron chi connectivity index (χ4n) is 4.72. The molecule has 8 nitrogen and oxygen atoms in total.